The van der Waals surface area contributed by atoms with Gasteiger partial charge in [-0.15, -0.1) is 0 Å². The standard InChI is InChI=1S/C30H25F4N7O2/c1-3-40-28-24(25(17(2)37-16-35)39-41(28)21-10-5-4-6-11-21)23(22-13-12-20(31)15-36-22)26(29(40)43)38-27(42)18-8-7-9-19(14-18)30(32,33)34/h4-15,17,23,26,37H,3H2,1-2H3,(H,38,42)/t17-,23-,26-/m1/s1. The van der Waals surface area contributed by atoms with E-state index in [-0.39, 0.29) is 17.8 Å². The van der Waals surface area contributed by atoms with Gasteiger partial charge in [-0.05, 0) is 56.3 Å². The zero-order valence-corrected chi connectivity index (χ0v) is 22.9. The largest absolute Gasteiger partial charge is 0.416 e. The first-order valence-electron chi connectivity index (χ1n) is 13.3. The Hall–Kier alpha value is -5.25. The zero-order chi connectivity index (χ0) is 30.9. The van der Waals surface area contributed by atoms with Crippen molar-refractivity contribution in [3.8, 4) is 11.9 Å². The molecule has 0 radical (unpaired) electrons. The van der Waals surface area contributed by atoms with Crippen LogP contribution in [0, 0.1) is 17.3 Å². The predicted octanol–water partition coefficient (Wildman–Crippen LogP) is 4.85. The van der Waals surface area contributed by atoms with Crippen molar-refractivity contribution in [2.24, 2.45) is 0 Å². The van der Waals surface area contributed by atoms with Gasteiger partial charge in [0.1, 0.15) is 17.7 Å². The Bertz CT molecular complexity index is 1700. The minimum absolute atomic E-state index is 0.142. The maximum absolute atomic E-state index is 14.2. The minimum Gasteiger partial charge on any atom is -0.339 e. The highest BCUT2D eigenvalue weighted by molar-refractivity contribution is 6.05. The van der Waals surface area contributed by atoms with Crippen molar-refractivity contribution in [2.45, 2.75) is 38.0 Å². The number of carbonyl (C=O) groups excluding carboxylic acids is 2. The van der Waals surface area contributed by atoms with Crippen LogP contribution >= 0.6 is 0 Å². The fourth-order valence-corrected chi connectivity index (χ4v) is 5.21. The van der Waals surface area contributed by atoms with Crippen LogP contribution in [0.4, 0.5) is 23.4 Å². The van der Waals surface area contributed by atoms with Crippen molar-refractivity contribution >= 4 is 17.6 Å². The van der Waals surface area contributed by atoms with Crippen LogP contribution < -0.4 is 15.5 Å². The molecular formula is C30H25F4N7O2. The molecule has 0 bridgehead atoms. The number of pyridine rings is 1. The minimum atomic E-state index is -4.68. The number of hydrogen-bond donors (Lipinski definition) is 2. The first kappa shape index (κ1) is 29.2. The topological polar surface area (TPSA) is 116 Å². The molecule has 43 heavy (non-hydrogen) atoms. The summed E-state index contributed by atoms with van der Waals surface area (Å²) < 4.78 is 55.7. The third-order valence-corrected chi connectivity index (χ3v) is 7.17. The number of benzene rings is 2. The Balaban J connectivity index is 1.72. The van der Waals surface area contributed by atoms with Crippen LogP contribution in [-0.4, -0.2) is 39.2 Å². The van der Waals surface area contributed by atoms with Crippen molar-refractivity contribution < 1.29 is 27.2 Å². The number of para-hydroxylation sites is 1. The van der Waals surface area contributed by atoms with Gasteiger partial charge in [-0.1, -0.05) is 24.3 Å². The number of hydrogen-bond acceptors (Lipinski definition) is 6. The third kappa shape index (κ3) is 5.51. The van der Waals surface area contributed by atoms with Crippen molar-refractivity contribution in [2.75, 3.05) is 11.4 Å². The highest BCUT2D eigenvalue weighted by Gasteiger charge is 2.47. The number of nitriles is 1. The molecule has 2 aromatic heterocycles. The van der Waals surface area contributed by atoms with E-state index in [9.17, 15) is 32.4 Å². The fourth-order valence-electron chi connectivity index (χ4n) is 5.21. The average molecular weight is 592 g/mol. The van der Waals surface area contributed by atoms with Crippen molar-refractivity contribution in [3.05, 3.63) is 107 Å². The van der Waals surface area contributed by atoms with Gasteiger partial charge in [0, 0.05) is 17.7 Å². The van der Waals surface area contributed by atoms with Crippen LogP contribution in [0.2, 0.25) is 0 Å². The molecule has 3 heterocycles. The summed E-state index contributed by atoms with van der Waals surface area (Å²) in [5.41, 5.74) is 0.292. The van der Waals surface area contributed by atoms with Gasteiger partial charge in [-0.2, -0.15) is 23.5 Å². The lowest BCUT2D eigenvalue weighted by Crippen LogP contribution is -2.55. The molecule has 3 atom stereocenters. The second-order valence-electron chi connectivity index (χ2n) is 9.84. The molecule has 0 spiro atoms. The van der Waals surface area contributed by atoms with Gasteiger partial charge < -0.3 is 10.6 Å². The number of nitrogens with one attached hydrogen (secondary N) is 2. The van der Waals surface area contributed by atoms with Gasteiger partial charge in [0.2, 0.25) is 0 Å². The quantitative estimate of drug-likeness (QED) is 0.180. The SMILES string of the molecule is CCN1C(=O)[C@H](NC(=O)c2cccc(C(F)(F)F)c2)[C@H](c2ccc(F)cn2)c2c([C@@H](C)NC#N)nn(-c3ccccc3)c21. The van der Waals surface area contributed by atoms with Crippen LogP contribution in [0.25, 0.3) is 5.69 Å². The molecule has 0 fully saturated rings. The predicted molar refractivity (Wildman–Crippen MR) is 147 cm³/mol. The van der Waals surface area contributed by atoms with E-state index in [1.54, 1.807) is 42.8 Å². The molecule has 5 rings (SSSR count). The number of aromatic nitrogens is 3. The highest BCUT2D eigenvalue weighted by atomic mass is 19.4. The maximum atomic E-state index is 14.2. The van der Waals surface area contributed by atoms with E-state index in [0.29, 0.717) is 28.8 Å². The smallest absolute Gasteiger partial charge is 0.339 e. The van der Waals surface area contributed by atoms with Crippen molar-refractivity contribution in [1.82, 2.24) is 25.4 Å². The van der Waals surface area contributed by atoms with Crippen LogP contribution in [0.1, 0.15) is 58.7 Å². The first-order chi connectivity index (χ1) is 20.5. The van der Waals surface area contributed by atoms with E-state index in [4.69, 9.17) is 5.10 Å². The number of anilines is 1. The fraction of sp³-hybridized carbons (Fsp3) is 0.233. The summed E-state index contributed by atoms with van der Waals surface area (Å²) in [6.45, 7) is 3.56. The Kier molecular flexibility index (Phi) is 7.86. The molecule has 0 saturated carbocycles. The number of alkyl halides is 3. The number of likely N-dealkylation sites (N-methyl/N-ethyl adjacent to an activating group) is 1. The van der Waals surface area contributed by atoms with Gasteiger partial charge in [0.25, 0.3) is 11.8 Å². The van der Waals surface area contributed by atoms with Crippen LogP contribution in [-0.2, 0) is 11.0 Å². The molecule has 1 aliphatic rings. The van der Waals surface area contributed by atoms with Crippen LogP contribution in [0.3, 0.4) is 0 Å². The molecule has 0 unspecified atom stereocenters. The highest BCUT2D eigenvalue weighted by Crippen LogP contribution is 2.44. The van der Waals surface area contributed by atoms with E-state index in [2.05, 4.69) is 15.6 Å². The Morgan fingerprint density at radius 3 is 2.49 bits per heavy atom. The van der Waals surface area contributed by atoms with Crippen molar-refractivity contribution in [3.63, 3.8) is 0 Å². The van der Waals surface area contributed by atoms with Crippen molar-refractivity contribution in [1.29, 1.82) is 5.26 Å². The lowest BCUT2D eigenvalue weighted by Gasteiger charge is -2.38. The summed E-state index contributed by atoms with van der Waals surface area (Å²) in [6, 6.07) is 13.3. The molecule has 4 aromatic rings. The molecule has 13 heteroatoms. The maximum Gasteiger partial charge on any atom is 0.416 e. The van der Waals surface area contributed by atoms with E-state index in [1.807, 2.05) is 12.3 Å². The Morgan fingerprint density at radius 1 is 1.12 bits per heavy atom. The second-order valence-corrected chi connectivity index (χ2v) is 9.84. The molecule has 2 aromatic carbocycles. The summed E-state index contributed by atoms with van der Waals surface area (Å²) in [7, 11) is 0. The third-order valence-electron chi connectivity index (χ3n) is 7.17. The van der Waals surface area contributed by atoms with E-state index < -0.39 is 47.4 Å². The number of nitrogens with zero attached hydrogens (tertiary/aromatic N) is 5. The number of carbonyl (C=O) groups is 2. The molecule has 1 aliphatic heterocycles. The lowest BCUT2D eigenvalue weighted by atomic mass is 9.82. The summed E-state index contributed by atoms with van der Waals surface area (Å²) >= 11 is 0. The number of amides is 2. The molecule has 0 saturated heterocycles. The van der Waals surface area contributed by atoms with Gasteiger partial charge in [-0.25, -0.2) is 9.07 Å². The van der Waals surface area contributed by atoms with Gasteiger partial charge in [0.05, 0.1) is 40.8 Å². The second kappa shape index (κ2) is 11.6. The summed E-state index contributed by atoms with van der Waals surface area (Å²) in [5.74, 6) is -2.81. The molecule has 220 valence electrons. The number of fused-ring (bicyclic) bond motifs is 1. The van der Waals surface area contributed by atoms with E-state index in [1.165, 1.54) is 17.0 Å². The summed E-state index contributed by atoms with van der Waals surface area (Å²) in [4.78, 5) is 33.2. The Labute approximate surface area is 243 Å². The molecule has 2 N–H and O–H groups in total. The van der Waals surface area contributed by atoms with Gasteiger partial charge >= 0.3 is 6.18 Å². The monoisotopic (exact) mass is 591 g/mol. The van der Waals surface area contributed by atoms with E-state index in [0.717, 1.165) is 24.4 Å². The first-order valence-corrected chi connectivity index (χ1v) is 13.3. The molecule has 2 amide bonds. The van der Waals surface area contributed by atoms with E-state index >= 15 is 0 Å². The van der Waals surface area contributed by atoms with Crippen LogP contribution in [0.5, 0.6) is 0 Å². The lowest BCUT2D eigenvalue weighted by molar-refractivity contribution is -0.137. The zero-order valence-electron chi connectivity index (χ0n) is 22.9. The molecule has 9 nitrogen and oxygen atoms in total. The number of halogens is 4. The molecular weight excluding hydrogens is 566 g/mol. The Morgan fingerprint density at radius 2 is 1.86 bits per heavy atom. The summed E-state index contributed by atoms with van der Waals surface area (Å²) in [6.07, 6.45) is -1.82. The number of rotatable bonds is 7. The average Bonchev–Trinajstić information content (AvgIpc) is 3.38. The van der Waals surface area contributed by atoms with Crippen LogP contribution in [0.15, 0.2) is 72.9 Å². The summed E-state index contributed by atoms with van der Waals surface area (Å²) in [5, 5.41) is 19.5. The van der Waals surface area contributed by atoms with Gasteiger partial charge in [-0.3, -0.25) is 19.5 Å². The van der Waals surface area contributed by atoms with Gasteiger partial charge in [0.15, 0.2) is 6.19 Å². The normalized spacial score (nSPS) is 17.1. The molecule has 0 aliphatic carbocycles.